The fourth-order valence-electron chi connectivity index (χ4n) is 1.26. The molecule has 0 aliphatic carbocycles. The highest BCUT2D eigenvalue weighted by atomic mass is 32.2. The van der Waals surface area contributed by atoms with Crippen LogP contribution in [0.1, 0.15) is 6.92 Å². The molecule has 0 saturated heterocycles. The number of anilines is 1. The van der Waals surface area contributed by atoms with Crippen LogP contribution in [-0.4, -0.2) is 25.3 Å². The summed E-state index contributed by atoms with van der Waals surface area (Å²) in [5.74, 6) is -0.901. The van der Waals surface area contributed by atoms with Crippen molar-refractivity contribution in [2.45, 2.75) is 17.9 Å². The molecule has 1 unspecified atom stereocenters. The molecule has 1 aromatic carbocycles. The van der Waals surface area contributed by atoms with Crippen molar-refractivity contribution in [3.05, 3.63) is 28.3 Å². The summed E-state index contributed by atoms with van der Waals surface area (Å²) in [5, 5.41) is 10.8. The van der Waals surface area contributed by atoms with Gasteiger partial charge in [0, 0.05) is 11.8 Å². The van der Waals surface area contributed by atoms with Gasteiger partial charge in [0.25, 0.3) is 5.69 Å². The maximum Gasteiger partial charge on any atom is 0.291 e. The van der Waals surface area contributed by atoms with Gasteiger partial charge in [-0.25, -0.2) is 8.42 Å². The Labute approximate surface area is 108 Å². The summed E-state index contributed by atoms with van der Waals surface area (Å²) in [7, 11) is -4.25. The van der Waals surface area contributed by atoms with Crippen molar-refractivity contribution in [2.24, 2.45) is 5.73 Å². The van der Waals surface area contributed by atoms with E-state index in [0.29, 0.717) is 0 Å². The minimum absolute atomic E-state index is 0.0496. The Morgan fingerprint density at radius 3 is 2.53 bits per heavy atom. The maximum absolute atomic E-state index is 11.9. The van der Waals surface area contributed by atoms with E-state index in [1.807, 2.05) is 4.72 Å². The second-order valence-corrected chi connectivity index (χ2v) is 5.41. The monoisotopic (exact) mass is 288 g/mol. The zero-order valence-electron chi connectivity index (χ0n) is 9.86. The smallest absolute Gasteiger partial charge is 0.291 e. The van der Waals surface area contributed by atoms with Crippen LogP contribution in [0.2, 0.25) is 0 Å². The largest absolute Gasteiger partial charge is 0.399 e. The number of hydrogen-bond donors (Lipinski definition) is 3. The Kier molecular flexibility index (Phi) is 4.07. The number of nitro groups is 1. The predicted molar refractivity (Wildman–Crippen MR) is 66.5 cm³/mol. The van der Waals surface area contributed by atoms with Gasteiger partial charge in [-0.3, -0.25) is 14.9 Å². The van der Waals surface area contributed by atoms with Gasteiger partial charge in [-0.1, -0.05) is 0 Å². The number of nitrogens with two attached hydrogens (primary N) is 2. The van der Waals surface area contributed by atoms with Crippen LogP contribution >= 0.6 is 0 Å². The average Bonchev–Trinajstić information content (AvgIpc) is 2.27. The zero-order chi connectivity index (χ0) is 14.8. The molecule has 0 spiro atoms. The summed E-state index contributed by atoms with van der Waals surface area (Å²) in [6.07, 6.45) is 0. The molecule has 5 N–H and O–H groups in total. The fourth-order valence-corrected chi connectivity index (χ4v) is 2.62. The van der Waals surface area contributed by atoms with Crippen LogP contribution in [-0.2, 0) is 14.8 Å². The van der Waals surface area contributed by atoms with Crippen molar-refractivity contribution in [3.8, 4) is 0 Å². The number of nitro benzene ring substituents is 1. The third kappa shape index (κ3) is 3.39. The van der Waals surface area contributed by atoms with Crippen LogP contribution in [0.5, 0.6) is 0 Å². The lowest BCUT2D eigenvalue weighted by atomic mass is 10.3. The van der Waals surface area contributed by atoms with Crippen molar-refractivity contribution < 1.29 is 18.1 Å². The maximum atomic E-state index is 11.9. The molecule has 1 rings (SSSR count). The zero-order valence-corrected chi connectivity index (χ0v) is 10.7. The number of sulfonamides is 1. The lowest BCUT2D eigenvalue weighted by Crippen LogP contribution is -2.42. The van der Waals surface area contributed by atoms with Crippen molar-refractivity contribution >= 4 is 27.3 Å². The molecule has 1 atom stereocenters. The van der Waals surface area contributed by atoms with Crippen LogP contribution in [0.15, 0.2) is 23.1 Å². The molecule has 0 saturated carbocycles. The summed E-state index contributed by atoms with van der Waals surface area (Å²) in [6, 6.07) is 1.92. The van der Waals surface area contributed by atoms with Crippen LogP contribution in [0.4, 0.5) is 11.4 Å². The number of nitrogens with one attached hydrogen (secondary N) is 1. The molecule has 10 heteroatoms. The van der Waals surface area contributed by atoms with Crippen molar-refractivity contribution in [1.82, 2.24) is 4.72 Å². The molecule has 0 aromatic heterocycles. The lowest BCUT2D eigenvalue weighted by molar-refractivity contribution is -0.387. The molecule has 0 heterocycles. The first-order chi connectivity index (χ1) is 8.65. The Bertz CT molecular complexity index is 627. The minimum atomic E-state index is -4.25. The van der Waals surface area contributed by atoms with Gasteiger partial charge in [-0.15, -0.1) is 0 Å². The van der Waals surface area contributed by atoms with Crippen LogP contribution in [0.25, 0.3) is 0 Å². The Morgan fingerprint density at radius 2 is 2.05 bits per heavy atom. The molecule has 0 radical (unpaired) electrons. The second kappa shape index (κ2) is 5.20. The molecular formula is C9H12N4O5S. The molecule has 104 valence electrons. The standard InChI is InChI=1S/C9H12N4O5S/c1-5(9(11)14)12-19(17,18)8-3-2-6(10)4-7(8)13(15)16/h2-5,12H,10H2,1H3,(H2,11,14). The van der Waals surface area contributed by atoms with Crippen LogP contribution in [0.3, 0.4) is 0 Å². The number of nitrogen functional groups attached to an aromatic ring is 1. The molecule has 19 heavy (non-hydrogen) atoms. The molecule has 1 aromatic rings. The number of carbonyl (C=O) groups excluding carboxylic acids is 1. The number of hydrogen-bond acceptors (Lipinski definition) is 6. The highest BCUT2D eigenvalue weighted by Gasteiger charge is 2.28. The quantitative estimate of drug-likeness (QED) is 0.370. The Morgan fingerprint density at radius 1 is 1.47 bits per heavy atom. The lowest BCUT2D eigenvalue weighted by Gasteiger charge is -2.11. The number of rotatable bonds is 5. The first-order valence-electron chi connectivity index (χ1n) is 5.00. The van der Waals surface area contributed by atoms with Gasteiger partial charge in [0.1, 0.15) is 0 Å². The van der Waals surface area contributed by atoms with Crippen LogP contribution in [0, 0.1) is 10.1 Å². The highest BCUT2D eigenvalue weighted by molar-refractivity contribution is 7.89. The van der Waals surface area contributed by atoms with Crippen LogP contribution < -0.4 is 16.2 Å². The summed E-state index contributed by atoms with van der Waals surface area (Å²) < 4.78 is 25.8. The summed E-state index contributed by atoms with van der Waals surface area (Å²) in [4.78, 5) is 20.2. The second-order valence-electron chi connectivity index (χ2n) is 3.73. The van der Waals surface area contributed by atoms with Crippen molar-refractivity contribution in [2.75, 3.05) is 5.73 Å². The van der Waals surface area contributed by atoms with Gasteiger partial charge >= 0.3 is 0 Å². The van der Waals surface area contributed by atoms with E-state index < -0.39 is 37.5 Å². The van der Waals surface area contributed by atoms with E-state index in [0.717, 1.165) is 12.1 Å². The van der Waals surface area contributed by atoms with E-state index in [-0.39, 0.29) is 5.69 Å². The topological polar surface area (TPSA) is 158 Å². The van der Waals surface area contributed by atoms with Gasteiger partial charge in [0.15, 0.2) is 4.90 Å². The number of nitrogens with zero attached hydrogens (tertiary/aromatic N) is 1. The van der Waals surface area contributed by atoms with Gasteiger partial charge in [-0.05, 0) is 19.1 Å². The molecule has 0 aliphatic rings. The third-order valence-corrected chi connectivity index (χ3v) is 3.82. The third-order valence-electron chi connectivity index (χ3n) is 2.23. The summed E-state index contributed by atoms with van der Waals surface area (Å²) in [6.45, 7) is 1.23. The van der Waals surface area contributed by atoms with Gasteiger partial charge in [-0.2, -0.15) is 4.72 Å². The van der Waals surface area contributed by atoms with E-state index >= 15 is 0 Å². The van der Waals surface area contributed by atoms with E-state index in [1.165, 1.54) is 13.0 Å². The van der Waals surface area contributed by atoms with Gasteiger partial charge in [0.05, 0.1) is 11.0 Å². The summed E-state index contributed by atoms with van der Waals surface area (Å²) >= 11 is 0. The number of benzene rings is 1. The first-order valence-corrected chi connectivity index (χ1v) is 6.49. The van der Waals surface area contributed by atoms with E-state index in [2.05, 4.69) is 0 Å². The molecule has 0 aliphatic heterocycles. The molecule has 1 amide bonds. The van der Waals surface area contributed by atoms with Crippen molar-refractivity contribution in [1.29, 1.82) is 0 Å². The van der Waals surface area contributed by atoms with E-state index in [4.69, 9.17) is 11.5 Å². The molecule has 0 fully saturated rings. The van der Waals surface area contributed by atoms with E-state index in [1.54, 1.807) is 0 Å². The van der Waals surface area contributed by atoms with E-state index in [9.17, 15) is 23.3 Å². The normalized spacial score (nSPS) is 12.9. The Balaban J connectivity index is 3.29. The predicted octanol–water partition coefficient (Wildman–Crippen LogP) is -0.671. The highest BCUT2D eigenvalue weighted by Crippen LogP contribution is 2.25. The average molecular weight is 288 g/mol. The number of primary amides is 1. The molecule has 9 nitrogen and oxygen atoms in total. The number of amides is 1. The first kappa shape index (κ1) is 14.9. The van der Waals surface area contributed by atoms with Gasteiger partial charge in [0.2, 0.25) is 15.9 Å². The molecular weight excluding hydrogens is 276 g/mol. The van der Waals surface area contributed by atoms with Crippen molar-refractivity contribution in [3.63, 3.8) is 0 Å². The number of carbonyl (C=O) groups is 1. The Hall–Kier alpha value is -2.20. The SMILES string of the molecule is CC(NS(=O)(=O)c1ccc(N)cc1[N+](=O)[O-])C(N)=O. The minimum Gasteiger partial charge on any atom is -0.399 e. The summed E-state index contributed by atoms with van der Waals surface area (Å²) in [5.41, 5.74) is 9.66. The fraction of sp³-hybridized carbons (Fsp3) is 0.222. The molecule has 0 bridgehead atoms. The van der Waals surface area contributed by atoms with Gasteiger partial charge < -0.3 is 11.5 Å².